The van der Waals surface area contributed by atoms with Crippen LogP contribution in [0.2, 0.25) is 0 Å². The van der Waals surface area contributed by atoms with Crippen LogP contribution in [0.1, 0.15) is 0 Å². The normalized spacial score (nSPS) is 17.4. The summed E-state index contributed by atoms with van der Waals surface area (Å²) in [4.78, 5) is 12.7. The summed E-state index contributed by atoms with van der Waals surface area (Å²) in [6.45, 7) is -0.137. The van der Waals surface area contributed by atoms with Gasteiger partial charge in [-0.25, -0.2) is 5.84 Å². The van der Waals surface area contributed by atoms with Crippen molar-refractivity contribution in [3.8, 4) is 0 Å². The van der Waals surface area contributed by atoms with E-state index in [0.717, 1.165) is 11.3 Å². The molecule has 0 aliphatic carbocycles. The van der Waals surface area contributed by atoms with Crippen LogP contribution in [0, 0.1) is 10.1 Å². The van der Waals surface area contributed by atoms with E-state index in [2.05, 4.69) is 4.99 Å². The van der Waals surface area contributed by atoms with Crippen LogP contribution in [0.5, 0.6) is 0 Å². The van der Waals surface area contributed by atoms with Gasteiger partial charge in [-0.2, -0.15) is 4.99 Å². The summed E-state index contributed by atoms with van der Waals surface area (Å²) in [5.41, 5.74) is -0.394. The highest BCUT2D eigenvalue weighted by Crippen LogP contribution is 2.07. The summed E-state index contributed by atoms with van der Waals surface area (Å²) < 4.78 is 0. The van der Waals surface area contributed by atoms with Crippen molar-refractivity contribution in [2.45, 2.75) is 0 Å². The van der Waals surface area contributed by atoms with Crippen molar-refractivity contribution in [1.29, 1.82) is 0 Å². The van der Waals surface area contributed by atoms with Crippen molar-refractivity contribution in [1.82, 2.24) is 5.01 Å². The zero-order valence-electron chi connectivity index (χ0n) is 5.47. The third kappa shape index (κ3) is 1.44. The van der Waals surface area contributed by atoms with Gasteiger partial charge >= 0.3 is 5.70 Å². The van der Waals surface area contributed by atoms with Gasteiger partial charge in [0, 0.05) is 0 Å². The second kappa shape index (κ2) is 2.54. The monoisotopic (exact) mass is 158 g/mol. The number of hydrazine groups is 1. The molecule has 0 fully saturated rings. The van der Waals surface area contributed by atoms with E-state index >= 15 is 0 Å². The molecule has 1 aliphatic heterocycles. The summed E-state index contributed by atoms with van der Waals surface area (Å²) in [6.07, 6.45) is 1.11. The molecule has 0 amide bonds. The van der Waals surface area contributed by atoms with Gasteiger partial charge in [-0.3, -0.25) is 15.1 Å². The molecule has 0 unspecified atom stereocenters. The largest absolute Gasteiger partial charge is 0.489 e. The third-order valence-electron chi connectivity index (χ3n) is 1.14. The zero-order valence-corrected chi connectivity index (χ0v) is 5.47. The number of nitro groups is 1. The van der Waals surface area contributed by atoms with Gasteiger partial charge in [0.05, 0.1) is 4.92 Å². The highest BCUT2D eigenvalue weighted by Gasteiger charge is 2.22. The molecular formula is C4H6N4O3. The maximum Gasteiger partial charge on any atom is 0.328 e. The first-order valence-electron chi connectivity index (χ1n) is 2.73. The van der Waals surface area contributed by atoms with Crippen LogP contribution in [0.4, 0.5) is 0 Å². The van der Waals surface area contributed by atoms with Gasteiger partial charge in [0.2, 0.25) is 0 Å². The van der Waals surface area contributed by atoms with E-state index in [1.807, 2.05) is 0 Å². The van der Waals surface area contributed by atoms with E-state index in [9.17, 15) is 10.1 Å². The quantitative estimate of drug-likeness (QED) is 0.295. The van der Waals surface area contributed by atoms with Crippen molar-refractivity contribution in [3.63, 3.8) is 0 Å². The Bertz CT molecular complexity index is 246. The maximum atomic E-state index is 10.1. The molecule has 0 saturated carbocycles. The first kappa shape index (κ1) is 7.48. The summed E-state index contributed by atoms with van der Waals surface area (Å²) in [7, 11) is 0. The van der Waals surface area contributed by atoms with Crippen molar-refractivity contribution >= 4 is 6.34 Å². The lowest BCUT2D eigenvalue weighted by molar-refractivity contribution is -0.430. The van der Waals surface area contributed by atoms with Gasteiger partial charge in [0.15, 0.2) is 0 Å². The molecule has 3 N–H and O–H groups in total. The average Bonchev–Trinajstić information content (AvgIpc) is 1.94. The van der Waals surface area contributed by atoms with Crippen molar-refractivity contribution in [3.05, 3.63) is 21.7 Å². The Morgan fingerprint density at radius 3 is 3.00 bits per heavy atom. The van der Waals surface area contributed by atoms with Crippen LogP contribution in [0.15, 0.2) is 16.6 Å². The number of aliphatic hydroxyl groups is 1. The summed E-state index contributed by atoms with van der Waals surface area (Å²) in [5, 5.41) is 20.0. The Balaban J connectivity index is 2.90. The second-order valence-electron chi connectivity index (χ2n) is 1.94. The summed E-state index contributed by atoms with van der Waals surface area (Å²) in [5.74, 6) is 4.57. The highest BCUT2D eigenvalue weighted by atomic mass is 16.6. The summed E-state index contributed by atoms with van der Waals surface area (Å²) in [6, 6.07) is 0. The smallest absolute Gasteiger partial charge is 0.328 e. The van der Waals surface area contributed by atoms with E-state index in [0.29, 0.717) is 0 Å². The first-order chi connectivity index (χ1) is 5.11. The van der Waals surface area contributed by atoms with Crippen molar-refractivity contribution in [2.24, 2.45) is 10.8 Å². The topological polar surface area (TPSA) is 105 Å². The molecule has 0 aromatic rings. The predicted octanol–water partition coefficient (Wildman–Crippen LogP) is -0.792. The number of nitrogens with zero attached hydrogens (tertiary/aromatic N) is 3. The Morgan fingerprint density at radius 1 is 1.91 bits per heavy atom. The number of hydrogen-bond acceptors (Lipinski definition) is 6. The number of nitrogens with two attached hydrogens (primary N) is 1. The molecule has 0 atom stereocenters. The molecule has 0 spiro atoms. The van der Waals surface area contributed by atoms with Gasteiger partial charge in [-0.1, -0.05) is 0 Å². The van der Waals surface area contributed by atoms with E-state index in [-0.39, 0.29) is 6.54 Å². The van der Waals surface area contributed by atoms with Crippen molar-refractivity contribution in [2.75, 3.05) is 6.54 Å². The molecule has 11 heavy (non-hydrogen) atoms. The number of aliphatic imine (C=N–C) groups is 1. The minimum atomic E-state index is -0.717. The molecule has 1 heterocycles. The fraction of sp³-hybridized carbons (Fsp3) is 0.250. The third-order valence-corrected chi connectivity index (χ3v) is 1.14. The molecule has 7 heteroatoms. The van der Waals surface area contributed by atoms with Crippen LogP contribution in [0.3, 0.4) is 0 Å². The molecule has 0 aromatic carbocycles. The fourth-order valence-corrected chi connectivity index (χ4v) is 0.627. The molecular weight excluding hydrogens is 152 g/mol. The molecule has 1 aliphatic rings. The highest BCUT2D eigenvalue weighted by molar-refractivity contribution is 5.57. The SMILES string of the molecule is NN1C=NC(O)=C([N+](=O)[O-])C1. The average molecular weight is 158 g/mol. The van der Waals surface area contributed by atoms with Crippen molar-refractivity contribution < 1.29 is 10.0 Å². The molecule has 0 radical (unpaired) electrons. The Morgan fingerprint density at radius 2 is 2.55 bits per heavy atom. The first-order valence-corrected chi connectivity index (χ1v) is 2.73. The van der Waals surface area contributed by atoms with Crippen LogP contribution >= 0.6 is 0 Å². The molecule has 1 rings (SSSR count). The van der Waals surface area contributed by atoms with Crippen LogP contribution in [-0.2, 0) is 0 Å². The minimum Gasteiger partial charge on any atom is -0.489 e. The van der Waals surface area contributed by atoms with Gasteiger partial charge in [-0.05, 0) is 0 Å². The number of rotatable bonds is 1. The van der Waals surface area contributed by atoms with E-state index in [4.69, 9.17) is 10.9 Å². The van der Waals surface area contributed by atoms with E-state index < -0.39 is 16.5 Å². The lowest BCUT2D eigenvalue weighted by Crippen LogP contribution is -2.35. The number of aliphatic hydroxyl groups excluding tert-OH is 1. The van der Waals surface area contributed by atoms with Gasteiger partial charge in [0.1, 0.15) is 12.9 Å². The number of hydrogen-bond donors (Lipinski definition) is 2. The van der Waals surface area contributed by atoms with Crippen LogP contribution < -0.4 is 5.84 Å². The predicted molar refractivity (Wildman–Crippen MR) is 36.0 cm³/mol. The summed E-state index contributed by atoms with van der Waals surface area (Å²) >= 11 is 0. The molecule has 0 bridgehead atoms. The standard InChI is InChI=1S/C4H6N4O3/c5-7-1-3(8(10)11)4(9)6-2-7/h2,9H,1,5H2. The maximum absolute atomic E-state index is 10.1. The lowest BCUT2D eigenvalue weighted by Gasteiger charge is -2.13. The van der Waals surface area contributed by atoms with E-state index in [1.165, 1.54) is 0 Å². The van der Waals surface area contributed by atoms with E-state index in [1.54, 1.807) is 0 Å². The Hall–Kier alpha value is -1.63. The molecule has 7 nitrogen and oxygen atoms in total. The lowest BCUT2D eigenvalue weighted by atomic mass is 10.4. The van der Waals surface area contributed by atoms with Gasteiger partial charge in [-0.15, -0.1) is 0 Å². The van der Waals surface area contributed by atoms with Gasteiger partial charge in [0.25, 0.3) is 5.88 Å². The molecule has 60 valence electrons. The molecule has 0 saturated heterocycles. The van der Waals surface area contributed by atoms with Gasteiger partial charge < -0.3 is 5.11 Å². The fourth-order valence-electron chi connectivity index (χ4n) is 0.627. The van der Waals surface area contributed by atoms with Crippen LogP contribution in [-0.4, -0.2) is 27.9 Å². The second-order valence-corrected chi connectivity index (χ2v) is 1.94. The van der Waals surface area contributed by atoms with Crippen LogP contribution in [0.25, 0.3) is 0 Å². The Labute approximate surface area is 61.6 Å². The molecule has 0 aromatic heterocycles. The Kier molecular flexibility index (Phi) is 1.73. The minimum absolute atomic E-state index is 0.137. The zero-order chi connectivity index (χ0) is 8.43.